The first-order valence-corrected chi connectivity index (χ1v) is 9.24. The summed E-state index contributed by atoms with van der Waals surface area (Å²) in [5, 5.41) is 20.1. The molecule has 4 aromatic rings. The van der Waals surface area contributed by atoms with Crippen LogP contribution in [-0.4, -0.2) is 26.7 Å². The number of benzene rings is 3. The second-order valence-electron chi connectivity index (χ2n) is 6.83. The van der Waals surface area contributed by atoms with E-state index in [1.807, 2.05) is 30.3 Å². The number of carboxylic acid groups (broad SMARTS) is 2. The predicted molar refractivity (Wildman–Crippen MR) is 113 cm³/mol. The highest BCUT2D eigenvalue weighted by molar-refractivity contribution is 6.06. The maximum atomic E-state index is 13.2. The van der Waals surface area contributed by atoms with Crippen molar-refractivity contribution in [3.8, 4) is 11.1 Å². The number of carboxylic acids is 2. The van der Waals surface area contributed by atoms with Gasteiger partial charge in [0.1, 0.15) is 5.69 Å². The van der Waals surface area contributed by atoms with Crippen LogP contribution in [0.4, 0.5) is 0 Å². The number of hydrogen-bond donors (Lipinski definition) is 2. The van der Waals surface area contributed by atoms with Gasteiger partial charge in [-0.05, 0) is 34.7 Å². The highest BCUT2D eigenvalue weighted by atomic mass is 16.4. The second-order valence-corrected chi connectivity index (χ2v) is 6.83. The summed E-state index contributed by atoms with van der Waals surface area (Å²) in [6.45, 7) is 0.00499. The van der Waals surface area contributed by atoms with Gasteiger partial charge in [-0.1, -0.05) is 60.7 Å². The van der Waals surface area contributed by atoms with Gasteiger partial charge in [0.25, 0.3) is 5.56 Å². The molecule has 148 valence electrons. The molecule has 6 heteroatoms. The molecule has 0 saturated heterocycles. The molecule has 0 fully saturated rings. The number of rotatable bonds is 5. The van der Waals surface area contributed by atoms with Crippen LogP contribution in [0.5, 0.6) is 0 Å². The number of carbonyl (C=O) groups is 2. The average Bonchev–Trinajstić information content (AvgIpc) is 2.76. The Kier molecular flexibility index (Phi) is 4.90. The van der Waals surface area contributed by atoms with Crippen LogP contribution in [0.15, 0.2) is 83.7 Å². The third-order valence-electron chi connectivity index (χ3n) is 4.99. The first kappa shape index (κ1) is 19.1. The van der Waals surface area contributed by atoms with E-state index in [4.69, 9.17) is 5.11 Å². The fourth-order valence-electron chi connectivity index (χ4n) is 3.60. The van der Waals surface area contributed by atoms with Crippen LogP contribution < -0.4 is 5.56 Å². The number of nitrogens with zero attached hydrogens (tertiary/aromatic N) is 1. The Bertz CT molecular complexity index is 1320. The zero-order valence-electron chi connectivity index (χ0n) is 15.8. The summed E-state index contributed by atoms with van der Waals surface area (Å²) in [6, 6.07) is 22.1. The van der Waals surface area contributed by atoms with Crippen molar-refractivity contribution in [3.63, 3.8) is 0 Å². The summed E-state index contributed by atoms with van der Waals surface area (Å²) >= 11 is 0. The molecular formula is C24H17NO5. The first-order chi connectivity index (χ1) is 14.5. The number of aromatic nitrogens is 1. The quantitative estimate of drug-likeness (QED) is 0.526. The molecule has 3 aromatic carbocycles. The van der Waals surface area contributed by atoms with Crippen LogP contribution in [0.2, 0.25) is 0 Å². The van der Waals surface area contributed by atoms with E-state index in [2.05, 4.69) is 0 Å². The molecular weight excluding hydrogens is 382 g/mol. The SMILES string of the molecule is O=C(O)c1ccc(Cn2c(C(=O)O)c(-c3ccccc3)c3ccccc3c2=O)cc1. The van der Waals surface area contributed by atoms with Gasteiger partial charge < -0.3 is 10.2 Å². The number of aromatic carboxylic acids is 2. The van der Waals surface area contributed by atoms with Gasteiger partial charge in [0, 0.05) is 10.9 Å². The second kappa shape index (κ2) is 7.67. The molecule has 0 spiro atoms. The molecule has 30 heavy (non-hydrogen) atoms. The summed E-state index contributed by atoms with van der Waals surface area (Å²) in [4.78, 5) is 36.6. The molecule has 1 aromatic heterocycles. The summed E-state index contributed by atoms with van der Waals surface area (Å²) in [5.41, 5.74) is 1.39. The van der Waals surface area contributed by atoms with Crippen molar-refractivity contribution in [3.05, 3.63) is 106 Å². The Morgan fingerprint density at radius 3 is 1.93 bits per heavy atom. The summed E-state index contributed by atoms with van der Waals surface area (Å²) in [6.07, 6.45) is 0. The molecule has 0 unspecified atom stereocenters. The van der Waals surface area contributed by atoms with E-state index in [0.717, 1.165) is 0 Å². The fraction of sp³-hybridized carbons (Fsp3) is 0.0417. The Hall–Kier alpha value is -4.19. The largest absolute Gasteiger partial charge is 0.478 e. The summed E-state index contributed by atoms with van der Waals surface area (Å²) in [5.74, 6) is -2.26. The van der Waals surface area contributed by atoms with Gasteiger partial charge in [0.2, 0.25) is 0 Å². The van der Waals surface area contributed by atoms with E-state index in [9.17, 15) is 19.5 Å². The van der Waals surface area contributed by atoms with E-state index in [0.29, 0.717) is 27.5 Å². The Balaban J connectivity index is 2.00. The lowest BCUT2D eigenvalue weighted by Crippen LogP contribution is -2.28. The van der Waals surface area contributed by atoms with E-state index in [-0.39, 0.29) is 17.8 Å². The van der Waals surface area contributed by atoms with E-state index >= 15 is 0 Å². The lowest BCUT2D eigenvalue weighted by molar-refractivity contribution is 0.0679. The zero-order valence-corrected chi connectivity index (χ0v) is 15.8. The average molecular weight is 399 g/mol. The third kappa shape index (κ3) is 3.35. The van der Waals surface area contributed by atoms with E-state index in [1.54, 1.807) is 36.4 Å². The van der Waals surface area contributed by atoms with Gasteiger partial charge >= 0.3 is 11.9 Å². The minimum absolute atomic E-state index is 0.00499. The maximum Gasteiger partial charge on any atom is 0.353 e. The molecule has 0 aliphatic heterocycles. The van der Waals surface area contributed by atoms with E-state index in [1.165, 1.54) is 16.7 Å². The predicted octanol–water partition coefficient (Wildman–Crippen LogP) is 4.11. The van der Waals surface area contributed by atoms with Crippen molar-refractivity contribution in [2.45, 2.75) is 6.54 Å². The molecule has 0 amide bonds. The van der Waals surface area contributed by atoms with Gasteiger partial charge in [-0.25, -0.2) is 9.59 Å². The molecule has 4 rings (SSSR count). The molecule has 0 aliphatic rings. The highest BCUT2D eigenvalue weighted by Gasteiger charge is 2.23. The third-order valence-corrected chi connectivity index (χ3v) is 4.99. The Morgan fingerprint density at radius 2 is 1.33 bits per heavy atom. The molecule has 2 N–H and O–H groups in total. The van der Waals surface area contributed by atoms with Gasteiger partial charge in [0.15, 0.2) is 0 Å². The minimum Gasteiger partial charge on any atom is -0.478 e. The van der Waals surface area contributed by atoms with Crippen molar-refractivity contribution in [2.75, 3.05) is 0 Å². The molecule has 6 nitrogen and oxygen atoms in total. The van der Waals surface area contributed by atoms with Crippen LogP contribution in [0.25, 0.3) is 21.9 Å². The minimum atomic E-state index is -1.21. The smallest absolute Gasteiger partial charge is 0.353 e. The van der Waals surface area contributed by atoms with Crippen molar-refractivity contribution >= 4 is 22.7 Å². The first-order valence-electron chi connectivity index (χ1n) is 9.24. The van der Waals surface area contributed by atoms with E-state index < -0.39 is 17.5 Å². The van der Waals surface area contributed by atoms with Crippen LogP contribution in [0.1, 0.15) is 26.4 Å². The van der Waals surface area contributed by atoms with Crippen molar-refractivity contribution < 1.29 is 19.8 Å². The van der Waals surface area contributed by atoms with Crippen molar-refractivity contribution in [1.82, 2.24) is 4.57 Å². The summed E-state index contributed by atoms with van der Waals surface area (Å²) in [7, 11) is 0. The van der Waals surface area contributed by atoms with Gasteiger partial charge in [-0.2, -0.15) is 0 Å². The standard InChI is InChI=1S/C24H17NO5/c26-22-19-9-5-4-8-18(19)20(16-6-2-1-3-7-16)21(24(29)30)25(22)14-15-10-12-17(13-11-15)23(27)28/h1-13H,14H2,(H,27,28)(H,29,30). The normalized spacial score (nSPS) is 10.8. The Morgan fingerprint density at radius 1 is 0.733 bits per heavy atom. The molecule has 0 bridgehead atoms. The van der Waals surface area contributed by atoms with Crippen LogP contribution in [0, 0.1) is 0 Å². The molecule has 1 heterocycles. The van der Waals surface area contributed by atoms with Gasteiger partial charge in [-0.3, -0.25) is 9.36 Å². The topological polar surface area (TPSA) is 96.6 Å². The monoisotopic (exact) mass is 399 g/mol. The number of pyridine rings is 1. The number of fused-ring (bicyclic) bond motifs is 1. The zero-order chi connectivity index (χ0) is 21.3. The molecule has 0 radical (unpaired) electrons. The Labute approximate surface area is 171 Å². The molecule has 0 saturated carbocycles. The van der Waals surface area contributed by atoms with Crippen LogP contribution in [-0.2, 0) is 6.54 Å². The van der Waals surface area contributed by atoms with Crippen molar-refractivity contribution in [2.24, 2.45) is 0 Å². The lowest BCUT2D eigenvalue weighted by Gasteiger charge is -2.17. The number of hydrogen-bond acceptors (Lipinski definition) is 3. The van der Waals surface area contributed by atoms with Crippen LogP contribution >= 0.6 is 0 Å². The van der Waals surface area contributed by atoms with Gasteiger partial charge in [0.05, 0.1) is 12.1 Å². The van der Waals surface area contributed by atoms with Crippen LogP contribution in [0.3, 0.4) is 0 Å². The fourth-order valence-corrected chi connectivity index (χ4v) is 3.60. The maximum absolute atomic E-state index is 13.2. The molecule has 0 aliphatic carbocycles. The summed E-state index contributed by atoms with van der Waals surface area (Å²) < 4.78 is 1.24. The van der Waals surface area contributed by atoms with Gasteiger partial charge in [-0.15, -0.1) is 0 Å². The highest BCUT2D eigenvalue weighted by Crippen LogP contribution is 2.31. The lowest BCUT2D eigenvalue weighted by atomic mass is 9.96. The molecule has 0 atom stereocenters. The van der Waals surface area contributed by atoms with Crippen molar-refractivity contribution in [1.29, 1.82) is 0 Å².